The van der Waals surface area contributed by atoms with Crippen LogP contribution in [0, 0.1) is 5.82 Å². The van der Waals surface area contributed by atoms with Crippen LogP contribution in [0.5, 0.6) is 0 Å². The first kappa shape index (κ1) is 21.1. The van der Waals surface area contributed by atoms with Crippen molar-refractivity contribution in [2.75, 3.05) is 10.6 Å². The second-order valence-corrected chi connectivity index (χ2v) is 7.73. The van der Waals surface area contributed by atoms with E-state index in [1.165, 1.54) is 29.2 Å². The lowest BCUT2D eigenvalue weighted by atomic mass is 10.2. The smallest absolute Gasteiger partial charge is 0.300 e. The molecule has 1 unspecified atom stereocenters. The minimum atomic E-state index is -0.845. The first-order valence-corrected chi connectivity index (χ1v) is 10.2. The highest BCUT2D eigenvalue weighted by Gasteiger charge is 2.29. The number of hydrogen-bond acceptors (Lipinski definition) is 9. The summed E-state index contributed by atoms with van der Waals surface area (Å²) in [7, 11) is 0. The Bertz CT molecular complexity index is 1270. The van der Waals surface area contributed by atoms with E-state index in [4.69, 9.17) is 16.0 Å². The number of nitrogen functional groups attached to an aromatic ring is 1. The molecule has 162 valence electrons. The molecule has 2 heterocycles. The van der Waals surface area contributed by atoms with Crippen LogP contribution in [-0.2, 0) is 4.79 Å². The molecule has 11 heteroatoms. The molecule has 0 spiro atoms. The number of thiazole rings is 1. The molecule has 0 aliphatic heterocycles. The number of primary amides is 1. The average Bonchev–Trinajstić information content (AvgIpc) is 3.43. The maximum Gasteiger partial charge on any atom is 0.300 e. The van der Waals surface area contributed by atoms with Crippen molar-refractivity contribution in [3.8, 4) is 11.4 Å². The molecule has 4 N–H and O–H groups in total. The average molecular weight is 452 g/mol. The normalized spacial score (nSPS) is 11.8. The maximum atomic E-state index is 13.4. The van der Waals surface area contributed by atoms with Crippen molar-refractivity contribution < 1.29 is 18.5 Å². The molecule has 4 rings (SSSR count). The second kappa shape index (κ2) is 8.55. The molecule has 0 saturated heterocycles. The third-order valence-electron chi connectivity index (χ3n) is 4.61. The summed E-state index contributed by atoms with van der Waals surface area (Å²) in [6.45, 7) is 1.56. The van der Waals surface area contributed by atoms with Crippen molar-refractivity contribution in [1.82, 2.24) is 15.1 Å². The lowest BCUT2D eigenvalue weighted by molar-refractivity contribution is -0.118. The van der Waals surface area contributed by atoms with Gasteiger partial charge in [0, 0.05) is 11.3 Å². The number of halogens is 1. The highest BCUT2D eigenvalue weighted by atomic mass is 32.1. The summed E-state index contributed by atoms with van der Waals surface area (Å²) in [6, 6.07) is 13.6. The van der Waals surface area contributed by atoms with E-state index < -0.39 is 23.5 Å². The number of anilines is 3. The Morgan fingerprint density at radius 1 is 1.09 bits per heavy atom. The van der Waals surface area contributed by atoms with Crippen molar-refractivity contribution in [3.05, 3.63) is 71.2 Å². The molecular weight excluding hydrogens is 435 g/mol. The van der Waals surface area contributed by atoms with Gasteiger partial charge in [-0.05, 0) is 31.2 Å². The molecule has 0 aliphatic rings. The van der Waals surface area contributed by atoms with Gasteiger partial charge < -0.3 is 20.9 Å². The van der Waals surface area contributed by atoms with Crippen molar-refractivity contribution in [2.45, 2.75) is 13.0 Å². The van der Waals surface area contributed by atoms with E-state index in [1.54, 1.807) is 19.1 Å². The molecule has 0 saturated carbocycles. The Kier molecular flexibility index (Phi) is 5.65. The zero-order valence-electron chi connectivity index (χ0n) is 16.7. The first-order chi connectivity index (χ1) is 15.3. The van der Waals surface area contributed by atoms with E-state index in [-0.39, 0.29) is 27.5 Å². The first-order valence-electron chi connectivity index (χ1n) is 9.39. The maximum absolute atomic E-state index is 13.4. The number of aromatic nitrogens is 3. The highest BCUT2D eigenvalue weighted by molar-refractivity contribution is 7.18. The molecule has 2 aromatic heterocycles. The van der Waals surface area contributed by atoms with E-state index in [2.05, 4.69) is 15.1 Å². The fourth-order valence-electron chi connectivity index (χ4n) is 2.93. The highest BCUT2D eigenvalue weighted by Crippen LogP contribution is 2.36. The molecule has 0 fully saturated rings. The number of hydrogen-bond donors (Lipinski definition) is 2. The summed E-state index contributed by atoms with van der Waals surface area (Å²) in [4.78, 5) is 34.8. The lowest BCUT2D eigenvalue weighted by Crippen LogP contribution is -2.39. The molecule has 1 amide bonds. The third kappa shape index (κ3) is 4.05. The van der Waals surface area contributed by atoms with Crippen LogP contribution >= 0.6 is 11.3 Å². The predicted octanol–water partition coefficient (Wildman–Crippen LogP) is 3.16. The number of nitrogens with two attached hydrogens (primary N) is 2. The Morgan fingerprint density at radius 2 is 1.78 bits per heavy atom. The van der Waals surface area contributed by atoms with Crippen LogP contribution < -0.4 is 16.4 Å². The Labute approximate surface area is 185 Å². The van der Waals surface area contributed by atoms with Gasteiger partial charge in [-0.3, -0.25) is 9.59 Å². The van der Waals surface area contributed by atoms with E-state index in [0.29, 0.717) is 11.3 Å². The Hall–Kier alpha value is -4.12. The molecular formula is C21H17FN6O3S. The molecule has 4 aromatic rings. The monoisotopic (exact) mass is 452 g/mol. The van der Waals surface area contributed by atoms with Crippen LogP contribution in [0.25, 0.3) is 11.4 Å². The van der Waals surface area contributed by atoms with Gasteiger partial charge in [-0.1, -0.05) is 46.8 Å². The summed E-state index contributed by atoms with van der Waals surface area (Å²) in [5.41, 5.74) is 12.6. The van der Waals surface area contributed by atoms with Crippen LogP contribution in [0.4, 0.5) is 21.0 Å². The summed E-state index contributed by atoms with van der Waals surface area (Å²) >= 11 is 0.931. The fourth-order valence-corrected chi connectivity index (χ4v) is 3.95. The van der Waals surface area contributed by atoms with E-state index in [1.807, 2.05) is 18.2 Å². The van der Waals surface area contributed by atoms with Gasteiger partial charge in [-0.15, -0.1) is 0 Å². The summed E-state index contributed by atoms with van der Waals surface area (Å²) < 4.78 is 18.5. The second-order valence-electron chi connectivity index (χ2n) is 6.75. The van der Waals surface area contributed by atoms with Crippen molar-refractivity contribution in [1.29, 1.82) is 0 Å². The van der Waals surface area contributed by atoms with Crippen LogP contribution in [0.2, 0.25) is 0 Å². The quantitative estimate of drug-likeness (QED) is 0.407. The van der Waals surface area contributed by atoms with Crippen LogP contribution in [0.3, 0.4) is 0 Å². The molecule has 32 heavy (non-hydrogen) atoms. The van der Waals surface area contributed by atoms with Crippen molar-refractivity contribution in [3.63, 3.8) is 0 Å². The fraction of sp³-hybridized carbons (Fsp3) is 0.0952. The lowest BCUT2D eigenvalue weighted by Gasteiger charge is -2.26. The van der Waals surface area contributed by atoms with E-state index >= 15 is 0 Å². The zero-order valence-corrected chi connectivity index (χ0v) is 17.5. The largest absolute Gasteiger partial charge is 0.382 e. The van der Waals surface area contributed by atoms with Crippen LogP contribution in [0.1, 0.15) is 22.5 Å². The standard InChI is InChI=1S/C21H17FN6O3S/c1-11(18(24)30)28(14-9-7-13(22)8-10-14)21-25-17(23)16(32-21)15(29)20-26-19(27-31-20)12-5-3-2-4-6-12/h2-11H,23H2,1H3,(H2,24,30). The van der Waals surface area contributed by atoms with Gasteiger partial charge in [0.15, 0.2) is 5.13 Å². The van der Waals surface area contributed by atoms with Gasteiger partial charge in [-0.25, -0.2) is 9.37 Å². The van der Waals surface area contributed by atoms with Crippen LogP contribution in [-0.4, -0.2) is 32.9 Å². The van der Waals surface area contributed by atoms with Gasteiger partial charge >= 0.3 is 0 Å². The summed E-state index contributed by atoms with van der Waals surface area (Å²) in [5.74, 6) is -1.75. The molecule has 0 aliphatic carbocycles. The van der Waals surface area contributed by atoms with Crippen LogP contribution in [0.15, 0.2) is 59.1 Å². The SMILES string of the molecule is CC(C(N)=O)N(c1ccc(F)cc1)c1nc(N)c(C(=O)c2nc(-c3ccccc3)no2)s1. The molecule has 0 radical (unpaired) electrons. The molecule has 9 nitrogen and oxygen atoms in total. The third-order valence-corrected chi connectivity index (χ3v) is 5.68. The van der Waals surface area contributed by atoms with Crippen molar-refractivity contribution >= 4 is 39.7 Å². The summed E-state index contributed by atoms with van der Waals surface area (Å²) in [5, 5.41) is 4.07. The predicted molar refractivity (Wildman–Crippen MR) is 117 cm³/mol. The van der Waals surface area contributed by atoms with Gasteiger partial charge in [0.05, 0.1) is 0 Å². The van der Waals surface area contributed by atoms with Gasteiger partial charge in [0.1, 0.15) is 22.6 Å². The van der Waals surface area contributed by atoms with Gasteiger partial charge in [-0.2, -0.15) is 4.98 Å². The number of carbonyl (C=O) groups is 2. The minimum absolute atomic E-state index is 0.0621. The Balaban J connectivity index is 1.69. The van der Waals surface area contributed by atoms with Crippen molar-refractivity contribution in [2.24, 2.45) is 5.73 Å². The summed E-state index contributed by atoms with van der Waals surface area (Å²) in [6.07, 6.45) is 0. The van der Waals surface area contributed by atoms with Gasteiger partial charge in [0.2, 0.25) is 11.7 Å². The molecule has 1 atom stereocenters. The van der Waals surface area contributed by atoms with Gasteiger partial charge in [0.25, 0.3) is 11.7 Å². The molecule has 2 aromatic carbocycles. The topological polar surface area (TPSA) is 141 Å². The molecule has 0 bridgehead atoms. The number of amides is 1. The number of carbonyl (C=O) groups excluding carboxylic acids is 2. The number of nitrogens with zero attached hydrogens (tertiary/aromatic N) is 4. The number of ketones is 1. The number of rotatable bonds is 7. The van der Waals surface area contributed by atoms with E-state index in [0.717, 1.165) is 11.3 Å². The number of benzene rings is 2. The minimum Gasteiger partial charge on any atom is -0.382 e. The Morgan fingerprint density at radius 3 is 2.44 bits per heavy atom. The van der Waals surface area contributed by atoms with E-state index in [9.17, 15) is 14.0 Å². The zero-order chi connectivity index (χ0) is 22.8.